The lowest BCUT2D eigenvalue weighted by molar-refractivity contribution is -0.117. The van der Waals surface area contributed by atoms with Crippen molar-refractivity contribution < 1.29 is 13.2 Å². The molecule has 2 aromatic rings. The highest BCUT2D eigenvalue weighted by atomic mass is 35.5. The molecular weight excluding hydrogens is 410 g/mol. The number of aryl methyl sites for hydroxylation is 1. The number of sulfonamides is 1. The van der Waals surface area contributed by atoms with Crippen molar-refractivity contribution in [3.63, 3.8) is 0 Å². The van der Waals surface area contributed by atoms with Gasteiger partial charge in [-0.3, -0.25) is 9.69 Å². The molecule has 1 aliphatic rings. The highest BCUT2D eigenvalue weighted by Crippen LogP contribution is 2.18. The minimum Gasteiger partial charge on any atom is -0.325 e. The van der Waals surface area contributed by atoms with Gasteiger partial charge in [-0.2, -0.15) is 0 Å². The molecule has 3 rings (SSSR count). The van der Waals surface area contributed by atoms with Gasteiger partial charge < -0.3 is 5.32 Å². The summed E-state index contributed by atoms with van der Waals surface area (Å²) in [4.78, 5) is 14.7. The second kappa shape index (κ2) is 9.71. The number of halogens is 1. The van der Waals surface area contributed by atoms with Gasteiger partial charge in [-0.05, 0) is 62.6 Å². The van der Waals surface area contributed by atoms with E-state index in [-0.39, 0.29) is 23.3 Å². The van der Waals surface area contributed by atoms with Gasteiger partial charge in [-0.1, -0.05) is 35.4 Å². The molecule has 1 heterocycles. The molecule has 8 heteroatoms. The van der Waals surface area contributed by atoms with E-state index < -0.39 is 10.0 Å². The summed E-state index contributed by atoms with van der Waals surface area (Å²) in [5.41, 5.74) is 1.69. The molecule has 1 fully saturated rings. The van der Waals surface area contributed by atoms with Crippen LogP contribution in [-0.4, -0.2) is 45.4 Å². The highest BCUT2D eigenvalue weighted by Gasteiger charge is 2.23. The molecule has 1 unspecified atom stereocenters. The van der Waals surface area contributed by atoms with Gasteiger partial charge in [0.15, 0.2) is 0 Å². The number of carbonyl (C=O) groups is 1. The fourth-order valence-corrected chi connectivity index (χ4v) is 4.77. The molecule has 0 aromatic heterocycles. The van der Waals surface area contributed by atoms with Crippen molar-refractivity contribution >= 4 is 33.2 Å². The predicted octanol–water partition coefficient (Wildman–Crippen LogP) is 3.28. The number of anilines is 1. The normalized spacial score (nSPS) is 17.8. The fraction of sp³-hybridized carbons (Fsp3) is 0.381. The maximum Gasteiger partial charge on any atom is 0.240 e. The van der Waals surface area contributed by atoms with E-state index in [1.165, 1.54) is 0 Å². The summed E-state index contributed by atoms with van der Waals surface area (Å²) in [6.07, 6.45) is 1.87. The number of likely N-dealkylation sites (tertiary alicyclic amines) is 1. The lowest BCUT2D eigenvalue weighted by atomic mass is 9.98. The number of nitrogens with zero attached hydrogens (tertiary/aromatic N) is 1. The zero-order valence-corrected chi connectivity index (χ0v) is 18.0. The van der Waals surface area contributed by atoms with Crippen LogP contribution in [-0.2, 0) is 14.8 Å². The zero-order chi connectivity index (χ0) is 20.9. The van der Waals surface area contributed by atoms with Crippen LogP contribution in [0.25, 0.3) is 0 Å². The van der Waals surface area contributed by atoms with Gasteiger partial charge in [0.05, 0.1) is 11.4 Å². The third-order valence-electron chi connectivity index (χ3n) is 4.97. The number of carbonyl (C=O) groups excluding carboxylic acids is 1. The molecule has 2 N–H and O–H groups in total. The fourth-order valence-electron chi connectivity index (χ4n) is 3.46. The van der Waals surface area contributed by atoms with Gasteiger partial charge in [0.25, 0.3) is 0 Å². The maximum absolute atomic E-state index is 12.5. The molecule has 1 aliphatic heterocycles. The first kappa shape index (κ1) is 21.8. The van der Waals surface area contributed by atoms with Crippen molar-refractivity contribution in [3.05, 3.63) is 59.1 Å². The smallest absolute Gasteiger partial charge is 0.240 e. The Labute approximate surface area is 177 Å². The summed E-state index contributed by atoms with van der Waals surface area (Å²) in [5, 5.41) is 3.42. The standard InChI is InChI=1S/C21H26ClN3O3S/c1-16-7-9-20(10-8-16)29(27,28)23-13-17-4-3-11-25(14-17)15-21(26)24-19-6-2-5-18(22)12-19/h2,5-10,12,17,23H,3-4,11,13-15H2,1H3,(H,24,26). The predicted molar refractivity (Wildman–Crippen MR) is 116 cm³/mol. The van der Waals surface area contributed by atoms with Crippen molar-refractivity contribution in [2.24, 2.45) is 5.92 Å². The van der Waals surface area contributed by atoms with Crippen LogP contribution >= 0.6 is 11.6 Å². The number of nitrogens with one attached hydrogen (secondary N) is 2. The van der Waals surface area contributed by atoms with Gasteiger partial charge >= 0.3 is 0 Å². The number of hydrogen-bond acceptors (Lipinski definition) is 4. The van der Waals surface area contributed by atoms with Crippen LogP contribution in [0.15, 0.2) is 53.4 Å². The molecule has 0 spiro atoms. The van der Waals surface area contributed by atoms with E-state index in [9.17, 15) is 13.2 Å². The monoisotopic (exact) mass is 435 g/mol. The molecule has 0 radical (unpaired) electrons. The lowest BCUT2D eigenvalue weighted by Gasteiger charge is -2.32. The first-order valence-electron chi connectivity index (χ1n) is 9.66. The van der Waals surface area contributed by atoms with Crippen molar-refractivity contribution in [1.29, 1.82) is 0 Å². The number of rotatable bonds is 7. The number of hydrogen-bond donors (Lipinski definition) is 2. The third kappa shape index (κ3) is 6.54. The third-order valence-corrected chi connectivity index (χ3v) is 6.65. The quantitative estimate of drug-likeness (QED) is 0.699. The van der Waals surface area contributed by atoms with E-state index in [0.29, 0.717) is 23.8 Å². The molecule has 0 bridgehead atoms. The molecule has 2 aromatic carbocycles. The number of benzene rings is 2. The first-order valence-corrected chi connectivity index (χ1v) is 11.5. The van der Waals surface area contributed by atoms with E-state index >= 15 is 0 Å². The second-order valence-corrected chi connectivity index (χ2v) is 9.67. The first-order chi connectivity index (χ1) is 13.8. The van der Waals surface area contributed by atoms with Crippen molar-refractivity contribution in [1.82, 2.24) is 9.62 Å². The van der Waals surface area contributed by atoms with Gasteiger partial charge in [0, 0.05) is 23.8 Å². The Balaban J connectivity index is 1.50. The van der Waals surface area contributed by atoms with Gasteiger partial charge in [0.1, 0.15) is 0 Å². The Bertz CT molecular complexity index is 948. The molecule has 156 valence electrons. The van der Waals surface area contributed by atoms with Crippen molar-refractivity contribution in [3.8, 4) is 0 Å². The van der Waals surface area contributed by atoms with Gasteiger partial charge in [0.2, 0.25) is 15.9 Å². The molecule has 6 nitrogen and oxygen atoms in total. The largest absolute Gasteiger partial charge is 0.325 e. The Morgan fingerprint density at radius 2 is 1.97 bits per heavy atom. The molecule has 0 saturated carbocycles. The summed E-state index contributed by atoms with van der Waals surface area (Å²) in [6, 6.07) is 13.8. The Kier molecular flexibility index (Phi) is 7.29. The van der Waals surface area contributed by atoms with Crippen LogP contribution < -0.4 is 10.0 Å². The SMILES string of the molecule is Cc1ccc(S(=O)(=O)NCC2CCCN(CC(=O)Nc3cccc(Cl)c3)C2)cc1. The summed E-state index contributed by atoms with van der Waals surface area (Å²) in [7, 11) is -3.52. The van der Waals surface area contributed by atoms with E-state index in [4.69, 9.17) is 11.6 Å². The molecule has 0 aliphatic carbocycles. The van der Waals surface area contributed by atoms with E-state index in [2.05, 4.69) is 14.9 Å². The molecule has 1 saturated heterocycles. The Morgan fingerprint density at radius 3 is 2.69 bits per heavy atom. The zero-order valence-electron chi connectivity index (χ0n) is 16.4. The number of amides is 1. The van der Waals surface area contributed by atoms with Gasteiger partial charge in [-0.15, -0.1) is 0 Å². The topological polar surface area (TPSA) is 78.5 Å². The van der Waals surface area contributed by atoms with E-state index in [1.807, 2.05) is 6.92 Å². The summed E-state index contributed by atoms with van der Waals surface area (Å²) in [6.45, 7) is 4.06. The van der Waals surface area contributed by atoms with Crippen LogP contribution in [0.4, 0.5) is 5.69 Å². The van der Waals surface area contributed by atoms with Crippen LogP contribution in [0.1, 0.15) is 18.4 Å². The van der Waals surface area contributed by atoms with Crippen LogP contribution in [0.3, 0.4) is 0 Å². The molecule has 1 atom stereocenters. The molecule has 1 amide bonds. The minimum absolute atomic E-state index is 0.104. The van der Waals surface area contributed by atoms with E-state index in [1.54, 1.807) is 48.5 Å². The average molecular weight is 436 g/mol. The summed E-state index contributed by atoms with van der Waals surface area (Å²) >= 11 is 5.95. The minimum atomic E-state index is -3.52. The average Bonchev–Trinajstić information content (AvgIpc) is 2.67. The van der Waals surface area contributed by atoms with Crippen LogP contribution in [0.5, 0.6) is 0 Å². The van der Waals surface area contributed by atoms with Crippen LogP contribution in [0.2, 0.25) is 5.02 Å². The molecular formula is C21H26ClN3O3S. The van der Waals surface area contributed by atoms with Crippen molar-refractivity contribution in [2.45, 2.75) is 24.7 Å². The number of piperidine rings is 1. The summed E-state index contributed by atoms with van der Waals surface area (Å²) in [5.74, 6) is 0.0658. The maximum atomic E-state index is 12.5. The van der Waals surface area contributed by atoms with E-state index in [0.717, 1.165) is 24.9 Å². The van der Waals surface area contributed by atoms with Crippen LogP contribution in [0, 0.1) is 12.8 Å². The second-order valence-electron chi connectivity index (χ2n) is 7.47. The van der Waals surface area contributed by atoms with Crippen molar-refractivity contribution in [2.75, 3.05) is 31.5 Å². The Hall–Kier alpha value is -1.93. The lowest BCUT2D eigenvalue weighted by Crippen LogP contribution is -2.43. The summed E-state index contributed by atoms with van der Waals surface area (Å²) < 4.78 is 27.7. The molecule has 29 heavy (non-hydrogen) atoms. The highest BCUT2D eigenvalue weighted by molar-refractivity contribution is 7.89. The van der Waals surface area contributed by atoms with Gasteiger partial charge in [-0.25, -0.2) is 13.1 Å². The Morgan fingerprint density at radius 1 is 1.21 bits per heavy atom.